The van der Waals surface area contributed by atoms with Crippen LogP contribution in [0.1, 0.15) is 45.1 Å². The number of methoxy groups -OCH3 is 2. The highest BCUT2D eigenvalue weighted by molar-refractivity contribution is 5.43. The summed E-state index contributed by atoms with van der Waals surface area (Å²) in [7, 11) is 3.36. The Morgan fingerprint density at radius 1 is 1.14 bits per heavy atom. The van der Waals surface area contributed by atoms with Crippen molar-refractivity contribution in [1.29, 1.82) is 0 Å². The van der Waals surface area contributed by atoms with E-state index in [9.17, 15) is 0 Å². The summed E-state index contributed by atoms with van der Waals surface area (Å²) in [6.07, 6.45) is 6.45. The largest absolute Gasteiger partial charge is 0.493 e. The molecule has 1 aliphatic rings. The molecule has 1 fully saturated rings. The van der Waals surface area contributed by atoms with E-state index in [4.69, 9.17) is 9.47 Å². The molecule has 1 aromatic carbocycles. The SMILES string of the molecule is COc1ccc(C[C@@H](C)N[C@H]2CCCC[C@@H]2C)cc1OC. The van der Waals surface area contributed by atoms with E-state index in [1.807, 2.05) is 6.07 Å². The predicted octanol–water partition coefficient (Wildman–Crippen LogP) is 3.80. The molecule has 0 unspecified atom stereocenters. The van der Waals surface area contributed by atoms with Gasteiger partial charge in [-0.1, -0.05) is 25.8 Å². The zero-order valence-corrected chi connectivity index (χ0v) is 13.8. The quantitative estimate of drug-likeness (QED) is 0.864. The van der Waals surface area contributed by atoms with Crippen LogP contribution >= 0.6 is 0 Å². The molecule has 1 saturated carbocycles. The predicted molar refractivity (Wildman–Crippen MR) is 87.3 cm³/mol. The molecule has 0 bridgehead atoms. The molecule has 118 valence electrons. The van der Waals surface area contributed by atoms with Gasteiger partial charge in [0, 0.05) is 12.1 Å². The Bertz CT molecular complexity index is 447. The molecule has 0 aliphatic heterocycles. The smallest absolute Gasteiger partial charge is 0.160 e. The summed E-state index contributed by atoms with van der Waals surface area (Å²) in [4.78, 5) is 0. The van der Waals surface area contributed by atoms with Gasteiger partial charge in [-0.2, -0.15) is 0 Å². The van der Waals surface area contributed by atoms with E-state index in [1.165, 1.54) is 31.2 Å². The Balaban J connectivity index is 1.94. The second-order valence-electron chi connectivity index (χ2n) is 6.33. The molecule has 0 saturated heterocycles. The number of rotatable bonds is 6. The normalized spacial score (nSPS) is 23.6. The summed E-state index contributed by atoms with van der Waals surface area (Å²) >= 11 is 0. The highest BCUT2D eigenvalue weighted by Crippen LogP contribution is 2.28. The van der Waals surface area contributed by atoms with Gasteiger partial charge in [-0.25, -0.2) is 0 Å². The van der Waals surface area contributed by atoms with Crippen molar-refractivity contribution >= 4 is 0 Å². The first kappa shape index (κ1) is 16.2. The van der Waals surface area contributed by atoms with Crippen molar-refractivity contribution in [3.63, 3.8) is 0 Å². The maximum atomic E-state index is 5.38. The van der Waals surface area contributed by atoms with Gasteiger partial charge in [0.15, 0.2) is 11.5 Å². The van der Waals surface area contributed by atoms with Gasteiger partial charge in [-0.3, -0.25) is 0 Å². The maximum Gasteiger partial charge on any atom is 0.160 e. The molecule has 0 aromatic heterocycles. The van der Waals surface area contributed by atoms with Crippen molar-refractivity contribution < 1.29 is 9.47 Å². The topological polar surface area (TPSA) is 30.5 Å². The van der Waals surface area contributed by atoms with Crippen molar-refractivity contribution in [3.8, 4) is 11.5 Å². The lowest BCUT2D eigenvalue weighted by molar-refractivity contribution is 0.262. The lowest BCUT2D eigenvalue weighted by Gasteiger charge is -2.32. The maximum absolute atomic E-state index is 5.38. The van der Waals surface area contributed by atoms with Crippen molar-refractivity contribution in [2.24, 2.45) is 5.92 Å². The van der Waals surface area contributed by atoms with E-state index in [1.54, 1.807) is 14.2 Å². The molecule has 2 rings (SSSR count). The number of nitrogens with one attached hydrogen (secondary N) is 1. The number of hydrogen-bond acceptors (Lipinski definition) is 3. The highest BCUT2D eigenvalue weighted by Gasteiger charge is 2.22. The standard InChI is InChI=1S/C18H29NO2/c1-13-7-5-6-8-16(13)19-14(2)11-15-9-10-17(20-3)18(12-15)21-4/h9-10,12-14,16,19H,5-8,11H2,1-4H3/t13-,14+,16-/m0/s1. The zero-order valence-electron chi connectivity index (χ0n) is 13.8. The van der Waals surface area contributed by atoms with E-state index in [-0.39, 0.29) is 0 Å². The number of hydrogen-bond donors (Lipinski definition) is 1. The van der Waals surface area contributed by atoms with Gasteiger partial charge in [-0.05, 0) is 49.8 Å². The van der Waals surface area contributed by atoms with Crippen LogP contribution in [0.4, 0.5) is 0 Å². The third-order valence-corrected chi connectivity index (χ3v) is 4.60. The van der Waals surface area contributed by atoms with Crippen molar-refractivity contribution in [2.75, 3.05) is 14.2 Å². The zero-order chi connectivity index (χ0) is 15.2. The van der Waals surface area contributed by atoms with E-state index in [2.05, 4.69) is 31.3 Å². The fourth-order valence-corrected chi connectivity index (χ4v) is 3.35. The summed E-state index contributed by atoms with van der Waals surface area (Å²) in [5.41, 5.74) is 1.29. The highest BCUT2D eigenvalue weighted by atomic mass is 16.5. The van der Waals surface area contributed by atoms with Crippen LogP contribution in [0.25, 0.3) is 0 Å². The first-order chi connectivity index (χ1) is 10.1. The Labute approximate surface area is 129 Å². The number of benzene rings is 1. The molecule has 0 radical (unpaired) electrons. The van der Waals surface area contributed by atoms with Crippen LogP contribution in [0.5, 0.6) is 11.5 Å². The van der Waals surface area contributed by atoms with Crippen molar-refractivity contribution in [2.45, 2.75) is 58.0 Å². The van der Waals surface area contributed by atoms with Crippen LogP contribution in [0.3, 0.4) is 0 Å². The Morgan fingerprint density at radius 3 is 2.52 bits per heavy atom. The summed E-state index contributed by atoms with van der Waals surface area (Å²) in [5.74, 6) is 2.41. The first-order valence-electron chi connectivity index (χ1n) is 8.11. The van der Waals surface area contributed by atoms with Gasteiger partial charge in [0.25, 0.3) is 0 Å². The molecule has 3 atom stereocenters. The molecular weight excluding hydrogens is 262 g/mol. The van der Waals surface area contributed by atoms with E-state index >= 15 is 0 Å². The monoisotopic (exact) mass is 291 g/mol. The average Bonchev–Trinajstić information content (AvgIpc) is 2.49. The molecule has 3 heteroatoms. The molecule has 0 heterocycles. The van der Waals surface area contributed by atoms with E-state index in [0.29, 0.717) is 12.1 Å². The van der Waals surface area contributed by atoms with Crippen LogP contribution in [0.15, 0.2) is 18.2 Å². The van der Waals surface area contributed by atoms with Gasteiger partial charge in [0.2, 0.25) is 0 Å². The molecule has 1 aromatic rings. The second-order valence-corrected chi connectivity index (χ2v) is 6.33. The molecule has 0 amide bonds. The third kappa shape index (κ3) is 4.37. The van der Waals surface area contributed by atoms with Crippen LogP contribution in [0.2, 0.25) is 0 Å². The lowest BCUT2D eigenvalue weighted by Crippen LogP contribution is -2.43. The summed E-state index contributed by atoms with van der Waals surface area (Å²) in [5, 5.41) is 3.81. The minimum atomic E-state index is 0.480. The molecule has 0 spiro atoms. The molecule has 3 nitrogen and oxygen atoms in total. The summed E-state index contributed by atoms with van der Waals surface area (Å²) in [6.45, 7) is 4.65. The van der Waals surface area contributed by atoms with Gasteiger partial charge in [-0.15, -0.1) is 0 Å². The first-order valence-corrected chi connectivity index (χ1v) is 8.11. The van der Waals surface area contributed by atoms with Gasteiger partial charge in [0.05, 0.1) is 14.2 Å². The Morgan fingerprint density at radius 2 is 1.86 bits per heavy atom. The minimum absolute atomic E-state index is 0.480. The third-order valence-electron chi connectivity index (χ3n) is 4.60. The fourth-order valence-electron chi connectivity index (χ4n) is 3.35. The molecular formula is C18H29NO2. The van der Waals surface area contributed by atoms with Gasteiger partial charge < -0.3 is 14.8 Å². The summed E-state index contributed by atoms with van der Waals surface area (Å²) in [6, 6.07) is 7.36. The van der Waals surface area contributed by atoms with Gasteiger partial charge in [0.1, 0.15) is 0 Å². The van der Waals surface area contributed by atoms with Crippen LogP contribution in [0, 0.1) is 5.92 Å². The lowest BCUT2D eigenvalue weighted by atomic mass is 9.85. The van der Waals surface area contributed by atoms with Gasteiger partial charge >= 0.3 is 0 Å². The molecule has 1 N–H and O–H groups in total. The van der Waals surface area contributed by atoms with E-state index < -0.39 is 0 Å². The minimum Gasteiger partial charge on any atom is -0.493 e. The summed E-state index contributed by atoms with van der Waals surface area (Å²) < 4.78 is 10.7. The van der Waals surface area contributed by atoms with E-state index in [0.717, 1.165) is 23.8 Å². The fraction of sp³-hybridized carbons (Fsp3) is 0.667. The Kier molecular flexibility index (Phi) is 5.92. The van der Waals surface area contributed by atoms with Crippen molar-refractivity contribution in [3.05, 3.63) is 23.8 Å². The van der Waals surface area contributed by atoms with Crippen LogP contribution in [-0.4, -0.2) is 26.3 Å². The number of ether oxygens (including phenoxy) is 2. The van der Waals surface area contributed by atoms with Crippen LogP contribution < -0.4 is 14.8 Å². The molecule has 1 aliphatic carbocycles. The average molecular weight is 291 g/mol. The second kappa shape index (κ2) is 7.69. The van der Waals surface area contributed by atoms with Crippen molar-refractivity contribution in [1.82, 2.24) is 5.32 Å². The van der Waals surface area contributed by atoms with Crippen LogP contribution in [-0.2, 0) is 6.42 Å². The Hall–Kier alpha value is -1.22. The molecule has 21 heavy (non-hydrogen) atoms.